The number of esters is 1. The number of likely N-dealkylation sites (tertiary alicyclic amines) is 1. The fourth-order valence-electron chi connectivity index (χ4n) is 5.83. The lowest BCUT2D eigenvalue weighted by Crippen LogP contribution is -2.43. The minimum Gasteiger partial charge on any atom is -0.453 e. The molecule has 5 heteroatoms. The summed E-state index contributed by atoms with van der Waals surface area (Å²) < 4.78 is 5.44. The molecule has 0 radical (unpaired) electrons. The molecule has 1 amide bonds. The van der Waals surface area contributed by atoms with Crippen LogP contribution in [0.2, 0.25) is 0 Å². The highest BCUT2D eigenvalue weighted by molar-refractivity contribution is 5.88. The zero-order chi connectivity index (χ0) is 22.3. The van der Waals surface area contributed by atoms with Gasteiger partial charge in [-0.25, -0.2) is 4.79 Å². The number of carbonyl (C=O) groups is 2. The van der Waals surface area contributed by atoms with Crippen LogP contribution in [0.25, 0.3) is 0 Å². The molecule has 31 heavy (non-hydrogen) atoms. The Morgan fingerprint density at radius 3 is 2.10 bits per heavy atom. The molecule has 164 valence electrons. The first kappa shape index (κ1) is 21.6. The Labute approximate surface area is 184 Å². The number of fused-ring (bicyclic) bond motifs is 2. The Morgan fingerprint density at radius 2 is 1.55 bits per heavy atom. The molecule has 1 saturated heterocycles. The normalized spacial score (nSPS) is 24.6. The van der Waals surface area contributed by atoms with Gasteiger partial charge in [-0.05, 0) is 41.2 Å². The molecule has 2 aliphatic rings. The molecule has 0 aromatic heterocycles. The van der Waals surface area contributed by atoms with Crippen LogP contribution in [0, 0.1) is 10.8 Å². The van der Waals surface area contributed by atoms with E-state index < -0.39 is 11.6 Å². The molecule has 2 atom stereocenters. The zero-order valence-electron chi connectivity index (χ0n) is 18.5. The molecule has 1 N–H and O–H groups in total. The van der Waals surface area contributed by atoms with Gasteiger partial charge in [-0.1, -0.05) is 81.4 Å². The Balaban J connectivity index is 1.51. The summed E-state index contributed by atoms with van der Waals surface area (Å²) in [5.41, 5.74) is -0.849. The fourth-order valence-corrected chi connectivity index (χ4v) is 5.83. The van der Waals surface area contributed by atoms with Crippen LogP contribution in [0.1, 0.15) is 51.2 Å². The van der Waals surface area contributed by atoms with E-state index in [1.54, 1.807) is 48.5 Å². The number of carbonyl (C=O) groups excluding carboxylic acids is 2. The van der Waals surface area contributed by atoms with Crippen molar-refractivity contribution in [3.8, 4) is 0 Å². The van der Waals surface area contributed by atoms with E-state index in [1.165, 1.54) is 0 Å². The third kappa shape index (κ3) is 4.11. The van der Waals surface area contributed by atoms with E-state index in [-0.39, 0.29) is 29.4 Å². The van der Waals surface area contributed by atoms with Crippen LogP contribution < -0.4 is 0 Å². The number of amides is 1. The number of aliphatic hydroxyl groups is 1. The zero-order valence-corrected chi connectivity index (χ0v) is 18.5. The highest BCUT2D eigenvalue weighted by Crippen LogP contribution is 2.52. The second-order valence-electron chi connectivity index (χ2n) is 10.3. The molecule has 0 spiro atoms. The Morgan fingerprint density at radius 1 is 1.00 bits per heavy atom. The van der Waals surface area contributed by atoms with Crippen molar-refractivity contribution in [1.29, 1.82) is 0 Å². The van der Waals surface area contributed by atoms with Gasteiger partial charge in [-0.2, -0.15) is 0 Å². The van der Waals surface area contributed by atoms with E-state index in [2.05, 4.69) is 20.8 Å². The molecule has 5 nitrogen and oxygen atoms in total. The van der Waals surface area contributed by atoms with Gasteiger partial charge in [-0.15, -0.1) is 0 Å². The van der Waals surface area contributed by atoms with Crippen molar-refractivity contribution in [2.24, 2.45) is 10.8 Å². The van der Waals surface area contributed by atoms with Crippen molar-refractivity contribution in [3.63, 3.8) is 0 Å². The molecule has 2 bridgehead atoms. The number of ether oxygens (including phenoxy) is 1. The monoisotopic (exact) mass is 421 g/mol. The average Bonchev–Trinajstić information content (AvgIpc) is 3.01. The van der Waals surface area contributed by atoms with E-state index in [0.29, 0.717) is 17.7 Å². The van der Waals surface area contributed by atoms with Crippen molar-refractivity contribution in [3.05, 3.63) is 71.8 Å². The third-order valence-electron chi connectivity index (χ3n) is 6.74. The second-order valence-corrected chi connectivity index (χ2v) is 10.3. The van der Waals surface area contributed by atoms with E-state index in [0.717, 1.165) is 19.3 Å². The molecular weight excluding hydrogens is 390 g/mol. The Hall–Kier alpha value is -2.66. The fraction of sp³-hybridized carbons (Fsp3) is 0.462. The van der Waals surface area contributed by atoms with Gasteiger partial charge >= 0.3 is 5.97 Å². The first-order valence-electron chi connectivity index (χ1n) is 10.9. The smallest absolute Gasteiger partial charge is 0.348 e. The number of benzene rings is 2. The maximum atomic E-state index is 13.1. The summed E-state index contributed by atoms with van der Waals surface area (Å²) >= 11 is 0. The molecule has 2 fully saturated rings. The summed E-state index contributed by atoms with van der Waals surface area (Å²) in [5.74, 6) is -1.03. The van der Waals surface area contributed by atoms with E-state index >= 15 is 0 Å². The van der Waals surface area contributed by atoms with Gasteiger partial charge in [0.2, 0.25) is 5.60 Å². The van der Waals surface area contributed by atoms with Gasteiger partial charge in [0.1, 0.15) is 0 Å². The molecule has 1 aliphatic carbocycles. The van der Waals surface area contributed by atoms with Crippen LogP contribution in [0.3, 0.4) is 0 Å². The SMILES string of the molecule is CC1(C)C[C@@H]2C[C@](C)(CN2C(=O)COC(=O)C(O)(c2ccccc2)c2ccccc2)C1. The standard InChI is InChI=1S/C26H31NO4/c1-24(2)14-21-15-25(3,17-24)18-27(21)22(28)16-31-23(29)26(30,19-10-6-4-7-11-19)20-12-8-5-9-13-20/h4-13,21,30H,14-18H2,1-3H3/t21-,25+/m1/s1. The molecule has 0 unspecified atom stereocenters. The number of hydrogen-bond acceptors (Lipinski definition) is 4. The lowest BCUT2D eigenvalue weighted by Gasteiger charge is -2.39. The van der Waals surface area contributed by atoms with Crippen molar-refractivity contribution in [2.45, 2.75) is 51.7 Å². The third-order valence-corrected chi connectivity index (χ3v) is 6.74. The second kappa shape index (κ2) is 7.79. The summed E-state index contributed by atoms with van der Waals surface area (Å²) in [6, 6.07) is 17.6. The molecule has 2 aromatic carbocycles. The minimum atomic E-state index is -1.97. The van der Waals surface area contributed by atoms with Crippen molar-refractivity contribution in [2.75, 3.05) is 13.2 Å². The molecule has 1 aliphatic heterocycles. The molecule has 1 saturated carbocycles. The van der Waals surface area contributed by atoms with Crippen molar-refractivity contribution >= 4 is 11.9 Å². The van der Waals surface area contributed by atoms with E-state index in [1.807, 2.05) is 17.0 Å². The average molecular weight is 422 g/mol. The minimum absolute atomic E-state index is 0.112. The van der Waals surface area contributed by atoms with Crippen LogP contribution >= 0.6 is 0 Å². The maximum Gasteiger partial charge on any atom is 0.348 e. The van der Waals surface area contributed by atoms with Crippen LogP contribution in [0.15, 0.2) is 60.7 Å². The van der Waals surface area contributed by atoms with Crippen LogP contribution in [0.5, 0.6) is 0 Å². The van der Waals surface area contributed by atoms with Gasteiger partial charge in [-0.3, -0.25) is 4.79 Å². The molecule has 2 aromatic rings. The summed E-state index contributed by atoms with van der Waals surface area (Å²) in [4.78, 5) is 28.0. The van der Waals surface area contributed by atoms with E-state index in [9.17, 15) is 14.7 Å². The lowest BCUT2D eigenvalue weighted by atomic mass is 9.65. The van der Waals surface area contributed by atoms with Crippen molar-refractivity contribution < 1.29 is 19.4 Å². The van der Waals surface area contributed by atoms with Gasteiger partial charge < -0.3 is 14.7 Å². The quantitative estimate of drug-likeness (QED) is 0.744. The van der Waals surface area contributed by atoms with Crippen LogP contribution in [0.4, 0.5) is 0 Å². The largest absolute Gasteiger partial charge is 0.453 e. The molecule has 1 heterocycles. The molecule has 4 rings (SSSR count). The predicted octanol–water partition coefficient (Wildman–Crippen LogP) is 3.89. The first-order valence-corrected chi connectivity index (χ1v) is 10.9. The Kier molecular flexibility index (Phi) is 5.42. The summed E-state index contributed by atoms with van der Waals surface area (Å²) in [6.45, 7) is 7.08. The number of hydrogen-bond donors (Lipinski definition) is 1. The van der Waals surface area contributed by atoms with E-state index in [4.69, 9.17) is 4.74 Å². The summed E-state index contributed by atoms with van der Waals surface area (Å²) in [6.07, 6.45) is 3.04. The number of rotatable bonds is 5. The van der Waals surface area contributed by atoms with Crippen LogP contribution in [-0.2, 0) is 19.9 Å². The molecular formula is C26H31NO4. The Bertz CT molecular complexity index is 916. The predicted molar refractivity (Wildman–Crippen MR) is 118 cm³/mol. The first-order chi connectivity index (χ1) is 14.6. The van der Waals surface area contributed by atoms with Crippen molar-refractivity contribution in [1.82, 2.24) is 4.90 Å². The summed E-state index contributed by atoms with van der Waals surface area (Å²) in [5, 5.41) is 11.5. The highest BCUT2D eigenvalue weighted by Gasteiger charge is 2.51. The van der Waals surface area contributed by atoms with Gasteiger partial charge in [0.25, 0.3) is 5.91 Å². The maximum absolute atomic E-state index is 13.1. The van der Waals surface area contributed by atoms with Gasteiger partial charge in [0.05, 0.1) is 0 Å². The van der Waals surface area contributed by atoms with Crippen LogP contribution in [-0.4, -0.2) is 41.1 Å². The topological polar surface area (TPSA) is 66.8 Å². The number of nitrogens with zero attached hydrogens (tertiary/aromatic N) is 1. The van der Waals surface area contributed by atoms with Gasteiger partial charge in [0, 0.05) is 12.6 Å². The highest BCUT2D eigenvalue weighted by atomic mass is 16.6. The lowest BCUT2D eigenvalue weighted by molar-refractivity contribution is -0.166. The summed E-state index contributed by atoms with van der Waals surface area (Å²) in [7, 11) is 0. The van der Waals surface area contributed by atoms with Gasteiger partial charge in [0.15, 0.2) is 6.61 Å².